The number of anilines is 1. The maximum Gasteiger partial charge on any atom is 0.289 e. The summed E-state index contributed by atoms with van der Waals surface area (Å²) in [6.07, 6.45) is 2.32. The van der Waals surface area contributed by atoms with Crippen LogP contribution < -0.4 is 15.0 Å². The number of carbonyl (C=O) groups is 1. The van der Waals surface area contributed by atoms with Gasteiger partial charge in [-0.1, -0.05) is 12.1 Å². The number of thiophene rings is 1. The lowest BCUT2D eigenvalue weighted by Crippen LogP contribution is -2.27. The smallest absolute Gasteiger partial charge is 0.289 e. The van der Waals surface area contributed by atoms with Crippen LogP contribution in [0, 0.1) is 6.92 Å². The van der Waals surface area contributed by atoms with E-state index in [1.54, 1.807) is 18.4 Å². The summed E-state index contributed by atoms with van der Waals surface area (Å²) in [7, 11) is 1.63. The molecule has 0 radical (unpaired) electrons. The molecule has 7 heteroatoms. The number of ether oxygens (including phenoxy) is 1. The Bertz CT molecular complexity index is 979. The zero-order valence-electron chi connectivity index (χ0n) is 15.5. The zero-order valence-corrected chi connectivity index (χ0v) is 16.3. The van der Waals surface area contributed by atoms with Crippen molar-refractivity contribution in [3.05, 3.63) is 45.9 Å². The Morgan fingerprint density at radius 1 is 1.30 bits per heavy atom. The number of nitrogens with one attached hydrogen (secondary N) is 1. The number of nitrogens with zero attached hydrogens (tertiary/aromatic N) is 3. The summed E-state index contributed by atoms with van der Waals surface area (Å²) in [4.78, 5) is 25.3. The van der Waals surface area contributed by atoms with Crippen LogP contribution in [0.25, 0.3) is 10.9 Å². The standard InChI is InChI=1S/C20H22N4O2S/c1-13-17-16(12-27-13)22-18(23-19(17)24-8-3-4-9-24)20(25)21-11-14-6-5-7-15(10-14)26-2/h5-7,10,12H,3-4,8-9,11H2,1-2H3,(H,21,25). The first kappa shape index (κ1) is 17.7. The van der Waals surface area contributed by atoms with Gasteiger partial charge in [0.15, 0.2) is 0 Å². The molecule has 1 aliphatic heterocycles. The minimum atomic E-state index is -0.260. The van der Waals surface area contributed by atoms with Gasteiger partial charge in [0.05, 0.1) is 18.0 Å². The SMILES string of the molecule is COc1cccc(CNC(=O)c2nc(N3CCCC3)c3c(C)scc3n2)c1. The Kier molecular flexibility index (Phi) is 4.94. The summed E-state index contributed by atoms with van der Waals surface area (Å²) in [5.74, 6) is 1.63. The molecule has 0 aliphatic carbocycles. The van der Waals surface area contributed by atoms with Gasteiger partial charge in [-0.15, -0.1) is 11.3 Å². The van der Waals surface area contributed by atoms with Gasteiger partial charge in [0.2, 0.25) is 5.82 Å². The second-order valence-electron chi connectivity index (χ2n) is 6.65. The third-order valence-corrected chi connectivity index (χ3v) is 5.71. The summed E-state index contributed by atoms with van der Waals surface area (Å²) in [5, 5.41) is 6.00. The molecular formula is C20H22N4O2S. The number of fused-ring (bicyclic) bond motifs is 1. The van der Waals surface area contributed by atoms with Crippen molar-refractivity contribution >= 4 is 34.0 Å². The molecule has 6 nitrogen and oxygen atoms in total. The molecular weight excluding hydrogens is 360 g/mol. The van der Waals surface area contributed by atoms with Crippen molar-refractivity contribution in [3.8, 4) is 5.75 Å². The van der Waals surface area contributed by atoms with E-state index in [0.717, 1.165) is 54.0 Å². The van der Waals surface area contributed by atoms with Crippen LogP contribution in [0.1, 0.15) is 33.9 Å². The van der Waals surface area contributed by atoms with Crippen molar-refractivity contribution in [1.29, 1.82) is 0 Å². The Balaban J connectivity index is 1.59. The number of rotatable bonds is 5. The third kappa shape index (κ3) is 3.60. The first-order valence-corrected chi connectivity index (χ1v) is 9.95. The highest BCUT2D eigenvalue weighted by Gasteiger charge is 2.22. The van der Waals surface area contributed by atoms with Gasteiger partial charge < -0.3 is 15.0 Å². The summed E-state index contributed by atoms with van der Waals surface area (Å²) < 4.78 is 5.23. The Labute approximate surface area is 162 Å². The fraction of sp³-hybridized carbons (Fsp3) is 0.350. The van der Waals surface area contributed by atoms with Gasteiger partial charge in [0.25, 0.3) is 5.91 Å². The molecule has 27 heavy (non-hydrogen) atoms. The van der Waals surface area contributed by atoms with Crippen LogP contribution in [0.15, 0.2) is 29.6 Å². The highest BCUT2D eigenvalue weighted by Crippen LogP contribution is 2.33. The number of benzene rings is 1. The average Bonchev–Trinajstić information content (AvgIpc) is 3.36. The molecule has 3 heterocycles. The van der Waals surface area contributed by atoms with E-state index in [9.17, 15) is 4.79 Å². The van der Waals surface area contributed by atoms with E-state index in [-0.39, 0.29) is 11.7 Å². The van der Waals surface area contributed by atoms with Crippen molar-refractivity contribution in [2.24, 2.45) is 0 Å². The summed E-state index contributed by atoms with van der Waals surface area (Å²) in [6, 6.07) is 7.64. The largest absolute Gasteiger partial charge is 0.497 e. The van der Waals surface area contributed by atoms with Crippen LogP contribution >= 0.6 is 11.3 Å². The predicted octanol–water partition coefficient (Wildman–Crippen LogP) is 3.54. The van der Waals surface area contributed by atoms with Crippen molar-refractivity contribution in [2.45, 2.75) is 26.3 Å². The number of aromatic nitrogens is 2. The van der Waals surface area contributed by atoms with Gasteiger partial charge in [-0.25, -0.2) is 9.97 Å². The van der Waals surface area contributed by atoms with Crippen LogP contribution in [0.5, 0.6) is 5.75 Å². The van der Waals surface area contributed by atoms with Crippen LogP contribution in [-0.4, -0.2) is 36.1 Å². The monoisotopic (exact) mass is 382 g/mol. The molecule has 0 atom stereocenters. The highest BCUT2D eigenvalue weighted by atomic mass is 32.1. The number of hydrogen-bond acceptors (Lipinski definition) is 6. The Morgan fingerprint density at radius 3 is 2.89 bits per heavy atom. The fourth-order valence-electron chi connectivity index (χ4n) is 3.40. The second kappa shape index (κ2) is 7.52. The quantitative estimate of drug-likeness (QED) is 0.731. The number of hydrogen-bond donors (Lipinski definition) is 1. The molecule has 1 amide bonds. The minimum absolute atomic E-state index is 0.227. The minimum Gasteiger partial charge on any atom is -0.497 e. The zero-order chi connectivity index (χ0) is 18.8. The molecule has 1 fully saturated rings. The van der Waals surface area contributed by atoms with Gasteiger partial charge in [0.1, 0.15) is 11.6 Å². The molecule has 0 saturated carbocycles. The molecule has 0 unspecified atom stereocenters. The fourth-order valence-corrected chi connectivity index (χ4v) is 4.17. The second-order valence-corrected chi connectivity index (χ2v) is 7.74. The lowest BCUT2D eigenvalue weighted by Gasteiger charge is -2.18. The van der Waals surface area contributed by atoms with Gasteiger partial charge in [-0.3, -0.25) is 4.79 Å². The predicted molar refractivity (Wildman–Crippen MR) is 108 cm³/mol. The molecule has 1 N–H and O–H groups in total. The van der Waals surface area contributed by atoms with E-state index < -0.39 is 0 Å². The number of aryl methyl sites for hydroxylation is 1. The lowest BCUT2D eigenvalue weighted by molar-refractivity contribution is 0.0941. The molecule has 3 aromatic rings. The van der Waals surface area contributed by atoms with E-state index in [1.165, 1.54) is 4.88 Å². The summed E-state index contributed by atoms with van der Waals surface area (Å²) >= 11 is 1.65. The maximum atomic E-state index is 12.7. The van der Waals surface area contributed by atoms with Crippen LogP contribution in [0.4, 0.5) is 5.82 Å². The Hall–Kier alpha value is -2.67. The first-order chi connectivity index (χ1) is 13.2. The molecule has 2 aromatic heterocycles. The van der Waals surface area contributed by atoms with E-state index in [0.29, 0.717) is 6.54 Å². The van der Waals surface area contributed by atoms with Gasteiger partial charge in [-0.2, -0.15) is 0 Å². The van der Waals surface area contributed by atoms with Gasteiger partial charge in [-0.05, 0) is 37.5 Å². The number of amides is 1. The molecule has 0 spiro atoms. The lowest BCUT2D eigenvalue weighted by atomic mass is 10.2. The van der Waals surface area contributed by atoms with Crippen molar-refractivity contribution in [2.75, 3.05) is 25.1 Å². The van der Waals surface area contributed by atoms with Gasteiger partial charge in [0, 0.05) is 29.9 Å². The number of methoxy groups -OCH3 is 1. The maximum absolute atomic E-state index is 12.7. The van der Waals surface area contributed by atoms with E-state index in [1.807, 2.05) is 29.6 Å². The molecule has 4 rings (SSSR count). The average molecular weight is 382 g/mol. The summed E-state index contributed by atoms with van der Waals surface area (Å²) in [5.41, 5.74) is 1.82. The van der Waals surface area contributed by atoms with Crippen molar-refractivity contribution < 1.29 is 9.53 Å². The van der Waals surface area contributed by atoms with Gasteiger partial charge >= 0.3 is 0 Å². The van der Waals surface area contributed by atoms with Crippen molar-refractivity contribution in [3.63, 3.8) is 0 Å². The van der Waals surface area contributed by atoms with Crippen molar-refractivity contribution in [1.82, 2.24) is 15.3 Å². The van der Waals surface area contributed by atoms with E-state index in [4.69, 9.17) is 4.74 Å². The van der Waals surface area contributed by atoms with E-state index in [2.05, 4.69) is 27.1 Å². The molecule has 0 bridgehead atoms. The van der Waals surface area contributed by atoms with Crippen LogP contribution in [0.2, 0.25) is 0 Å². The normalized spacial score (nSPS) is 13.9. The third-order valence-electron chi connectivity index (χ3n) is 4.81. The Morgan fingerprint density at radius 2 is 2.11 bits per heavy atom. The first-order valence-electron chi connectivity index (χ1n) is 9.07. The molecule has 140 valence electrons. The molecule has 1 aromatic carbocycles. The number of carbonyl (C=O) groups excluding carboxylic acids is 1. The highest BCUT2D eigenvalue weighted by molar-refractivity contribution is 7.11. The van der Waals surface area contributed by atoms with E-state index >= 15 is 0 Å². The summed E-state index contributed by atoms with van der Waals surface area (Å²) in [6.45, 7) is 4.44. The topological polar surface area (TPSA) is 67.3 Å². The molecule has 1 aliphatic rings. The van der Waals surface area contributed by atoms with Crippen LogP contribution in [-0.2, 0) is 6.54 Å². The molecule has 1 saturated heterocycles. The van der Waals surface area contributed by atoms with Crippen LogP contribution in [0.3, 0.4) is 0 Å².